The SMILES string of the molecule is CC(C)CN(C)Cc1cc(C(=O)c2csc(S(N)(=O)=O)c2)ccc1O.Cl. The summed E-state index contributed by atoms with van der Waals surface area (Å²) in [6, 6.07) is 5.93. The predicted octanol–water partition coefficient (Wildman–Crippen LogP) is 2.84. The number of ketones is 1. The number of primary sulfonamides is 1. The van der Waals surface area contributed by atoms with Crippen LogP contribution >= 0.6 is 23.7 Å². The van der Waals surface area contributed by atoms with E-state index >= 15 is 0 Å². The third kappa shape index (κ3) is 5.78. The van der Waals surface area contributed by atoms with Crippen molar-refractivity contribution in [2.45, 2.75) is 24.6 Å². The number of hydrogen-bond acceptors (Lipinski definition) is 6. The molecule has 0 aliphatic carbocycles. The molecule has 2 aromatic rings. The summed E-state index contributed by atoms with van der Waals surface area (Å²) in [4.78, 5) is 14.7. The molecule has 144 valence electrons. The van der Waals surface area contributed by atoms with Crippen LogP contribution in [0.25, 0.3) is 0 Å². The second-order valence-corrected chi connectivity index (χ2v) is 9.16. The average molecular weight is 419 g/mol. The number of phenols is 1. The minimum absolute atomic E-state index is 0. The van der Waals surface area contributed by atoms with Crippen LogP contribution in [-0.4, -0.2) is 37.8 Å². The van der Waals surface area contributed by atoms with E-state index in [2.05, 4.69) is 18.7 Å². The van der Waals surface area contributed by atoms with Gasteiger partial charge in [0.2, 0.25) is 10.0 Å². The molecular weight excluding hydrogens is 396 g/mol. The molecule has 0 unspecified atom stereocenters. The lowest BCUT2D eigenvalue weighted by atomic mass is 10.0. The summed E-state index contributed by atoms with van der Waals surface area (Å²) in [5.74, 6) is 0.306. The summed E-state index contributed by atoms with van der Waals surface area (Å²) in [7, 11) is -1.87. The molecule has 0 radical (unpaired) electrons. The van der Waals surface area contributed by atoms with Gasteiger partial charge in [-0.3, -0.25) is 4.79 Å². The van der Waals surface area contributed by atoms with Gasteiger partial charge in [-0.2, -0.15) is 0 Å². The summed E-state index contributed by atoms with van der Waals surface area (Å²) in [5, 5.41) is 16.6. The molecule has 0 aliphatic heterocycles. The van der Waals surface area contributed by atoms with E-state index in [9.17, 15) is 18.3 Å². The van der Waals surface area contributed by atoms with E-state index in [1.165, 1.54) is 23.6 Å². The highest BCUT2D eigenvalue weighted by molar-refractivity contribution is 7.91. The van der Waals surface area contributed by atoms with Gasteiger partial charge in [-0.15, -0.1) is 23.7 Å². The second kappa shape index (κ2) is 8.96. The molecule has 0 saturated carbocycles. The molecule has 0 amide bonds. The molecule has 0 saturated heterocycles. The largest absolute Gasteiger partial charge is 0.508 e. The number of rotatable bonds is 7. The topological polar surface area (TPSA) is 101 Å². The van der Waals surface area contributed by atoms with E-state index in [1.807, 2.05) is 7.05 Å². The van der Waals surface area contributed by atoms with Crippen LogP contribution in [0.1, 0.15) is 35.3 Å². The van der Waals surface area contributed by atoms with Crippen LogP contribution in [0.15, 0.2) is 33.9 Å². The highest BCUT2D eigenvalue weighted by Crippen LogP contribution is 2.25. The van der Waals surface area contributed by atoms with Crippen LogP contribution in [0, 0.1) is 5.92 Å². The highest BCUT2D eigenvalue weighted by Gasteiger charge is 2.18. The fraction of sp³-hybridized carbons (Fsp3) is 0.353. The van der Waals surface area contributed by atoms with Crippen LogP contribution < -0.4 is 5.14 Å². The van der Waals surface area contributed by atoms with Gasteiger partial charge in [0.05, 0.1) is 0 Å². The van der Waals surface area contributed by atoms with E-state index in [0.29, 0.717) is 23.6 Å². The number of halogens is 1. The number of nitrogens with two attached hydrogens (primary N) is 1. The normalized spacial score (nSPS) is 11.6. The second-order valence-electron chi connectivity index (χ2n) is 6.46. The zero-order valence-electron chi connectivity index (χ0n) is 14.8. The predicted molar refractivity (Wildman–Crippen MR) is 106 cm³/mol. The van der Waals surface area contributed by atoms with Gasteiger partial charge >= 0.3 is 0 Å². The number of benzene rings is 1. The van der Waals surface area contributed by atoms with E-state index < -0.39 is 10.0 Å². The molecule has 1 heterocycles. The van der Waals surface area contributed by atoms with Crippen LogP contribution in [0.5, 0.6) is 5.75 Å². The number of carbonyl (C=O) groups excluding carboxylic acids is 1. The first-order valence-corrected chi connectivity index (χ1v) is 10.2. The molecule has 26 heavy (non-hydrogen) atoms. The summed E-state index contributed by atoms with van der Waals surface area (Å²) < 4.78 is 22.7. The first-order chi connectivity index (χ1) is 11.6. The molecule has 3 N–H and O–H groups in total. The molecule has 0 spiro atoms. The maximum atomic E-state index is 12.6. The van der Waals surface area contributed by atoms with Crippen molar-refractivity contribution in [3.8, 4) is 5.75 Å². The minimum atomic E-state index is -3.82. The van der Waals surface area contributed by atoms with E-state index in [1.54, 1.807) is 6.07 Å². The Kier molecular flexibility index (Phi) is 7.79. The Morgan fingerprint density at radius 3 is 2.46 bits per heavy atom. The lowest BCUT2D eigenvalue weighted by Crippen LogP contribution is -2.22. The van der Waals surface area contributed by atoms with E-state index in [0.717, 1.165) is 17.9 Å². The Bertz CT molecular complexity index is 879. The van der Waals surface area contributed by atoms with Crippen molar-refractivity contribution in [2.24, 2.45) is 11.1 Å². The third-order valence-corrected chi connectivity index (χ3v) is 5.96. The van der Waals surface area contributed by atoms with Crippen molar-refractivity contribution in [3.63, 3.8) is 0 Å². The highest BCUT2D eigenvalue weighted by atomic mass is 35.5. The summed E-state index contributed by atoms with van der Waals surface area (Å²) in [5.41, 5.74) is 1.31. The minimum Gasteiger partial charge on any atom is -0.508 e. The molecule has 1 aromatic heterocycles. The molecule has 9 heteroatoms. The van der Waals surface area contributed by atoms with Crippen molar-refractivity contribution in [2.75, 3.05) is 13.6 Å². The van der Waals surface area contributed by atoms with Crippen LogP contribution in [0.4, 0.5) is 0 Å². The zero-order valence-corrected chi connectivity index (χ0v) is 17.2. The number of sulfonamides is 1. The number of nitrogens with zero attached hydrogens (tertiary/aromatic N) is 1. The van der Waals surface area contributed by atoms with Crippen molar-refractivity contribution in [1.82, 2.24) is 4.90 Å². The Balaban J connectivity index is 0.00000338. The van der Waals surface area contributed by atoms with E-state index in [-0.39, 0.29) is 33.7 Å². The Hall–Kier alpha value is -1.45. The van der Waals surface area contributed by atoms with Gasteiger partial charge in [-0.05, 0) is 37.2 Å². The van der Waals surface area contributed by atoms with Crippen molar-refractivity contribution >= 4 is 39.6 Å². The number of hydrogen-bond donors (Lipinski definition) is 2. The smallest absolute Gasteiger partial charge is 0.247 e. The van der Waals surface area contributed by atoms with Crippen molar-refractivity contribution in [3.05, 3.63) is 46.3 Å². The maximum Gasteiger partial charge on any atom is 0.247 e. The van der Waals surface area contributed by atoms with Crippen molar-refractivity contribution < 1.29 is 18.3 Å². The Morgan fingerprint density at radius 1 is 1.27 bits per heavy atom. The van der Waals surface area contributed by atoms with Gasteiger partial charge in [0.25, 0.3) is 0 Å². The van der Waals surface area contributed by atoms with Gasteiger partial charge < -0.3 is 10.0 Å². The maximum absolute atomic E-state index is 12.6. The molecule has 6 nitrogen and oxygen atoms in total. The van der Waals surface area contributed by atoms with Gasteiger partial charge in [-0.25, -0.2) is 13.6 Å². The van der Waals surface area contributed by atoms with Crippen LogP contribution in [0.3, 0.4) is 0 Å². The molecule has 0 atom stereocenters. The number of phenolic OH excluding ortho intramolecular Hbond substituents is 1. The molecule has 0 fully saturated rings. The molecule has 1 aromatic carbocycles. The number of thiophene rings is 1. The Labute approximate surface area is 164 Å². The molecule has 0 bridgehead atoms. The lowest BCUT2D eigenvalue weighted by Gasteiger charge is -2.19. The van der Waals surface area contributed by atoms with Gasteiger partial charge in [0, 0.05) is 35.2 Å². The first kappa shape index (κ1) is 22.6. The Morgan fingerprint density at radius 2 is 1.92 bits per heavy atom. The molecule has 0 aliphatic rings. The number of aromatic hydroxyl groups is 1. The summed E-state index contributed by atoms with van der Waals surface area (Å²) >= 11 is 0.913. The fourth-order valence-electron chi connectivity index (χ4n) is 2.58. The van der Waals surface area contributed by atoms with Crippen LogP contribution in [-0.2, 0) is 16.6 Å². The quantitative estimate of drug-likeness (QED) is 0.673. The summed E-state index contributed by atoms with van der Waals surface area (Å²) in [6.45, 7) is 5.59. The first-order valence-electron chi connectivity index (χ1n) is 7.74. The third-order valence-electron chi connectivity index (χ3n) is 3.58. The zero-order chi connectivity index (χ0) is 18.8. The standard InChI is InChI=1S/C17H22N2O4S2.ClH/c1-11(2)8-19(3)9-13-6-12(4-5-15(13)20)17(21)14-7-16(24-10-14)25(18,22)23;/h4-7,10-11,20H,8-9H2,1-3H3,(H2,18,22,23);1H. The average Bonchev–Trinajstić information content (AvgIpc) is 2.98. The number of carbonyl (C=O) groups is 1. The van der Waals surface area contributed by atoms with Crippen LogP contribution in [0.2, 0.25) is 0 Å². The molecular formula is C17H23ClN2O4S2. The molecule has 2 rings (SSSR count). The van der Waals surface area contributed by atoms with Gasteiger partial charge in [0.15, 0.2) is 5.78 Å². The van der Waals surface area contributed by atoms with Crippen molar-refractivity contribution in [1.29, 1.82) is 0 Å². The van der Waals surface area contributed by atoms with Gasteiger partial charge in [0.1, 0.15) is 9.96 Å². The van der Waals surface area contributed by atoms with E-state index in [4.69, 9.17) is 5.14 Å². The monoisotopic (exact) mass is 418 g/mol. The fourth-order valence-corrected chi connectivity index (χ4v) is 4.17. The van der Waals surface area contributed by atoms with Gasteiger partial charge in [-0.1, -0.05) is 13.8 Å². The summed E-state index contributed by atoms with van der Waals surface area (Å²) in [6.07, 6.45) is 0. The lowest BCUT2D eigenvalue weighted by molar-refractivity contribution is 0.103.